The zero-order chi connectivity index (χ0) is 13.8. The van der Waals surface area contributed by atoms with E-state index in [1.54, 1.807) is 29.3 Å². The lowest BCUT2D eigenvalue weighted by Gasteiger charge is -2.23. The lowest BCUT2D eigenvalue weighted by molar-refractivity contribution is 0.0930. The molecule has 0 radical (unpaired) electrons. The van der Waals surface area contributed by atoms with Gasteiger partial charge in [-0.2, -0.15) is 5.10 Å². The van der Waals surface area contributed by atoms with Crippen LogP contribution in [0, 0.1) is 0 Å². The third-order valence-electron chi connectivity index (χ3n) is 3.30. The summed E-state index contributed by atoms with van der Waals surface area (Å²) in [6, 6.07) is 3.70. The van der Waals surface area contributed by atoms with Gasteiger partial charge in [-0.3, -0.25) is 4.79 Å². The van der Waals surface area contributed by atoms with Gasteiger partial charge >= 0.3 is 0 Å². The Bertz CT molecular complexity index is 569. The van der Waals surface area contributed by atoms with E-state index < -0.39 is 0 Å². The molecule has 1 aliphatic rings. The van der Waals surface area contributed by atoms with Crippen molar-refractivity contribution < 1.29 is 4.79 Å². The van der Waals surface area contributed by atoms with Gasteiger partial charge in [0.1, 0.15) is 12.7 Å². The zero-order valence-electron chi connectivity index (χ0n) is 11.8. The van der Waals surface area contributed by atoms with Crippen LogP contribution < -0.4 is 10.6 Å². The highest BCUT2D eigenvalue weighted by Crippen LogP contribution is 2.06. The predicted molar refractivity (Wildman–Crippen MR) is 87.0 cm³/mol. The summed E-state index contributed by atoms with van der Waals surface area (Å²) in [6.07, 6.45) is 6.67. The van der Waals surface area contributed by atoms with Crippen molar-refractivity contribution >= 4 is 30.7 Å². The molecule has 2 aromatic heterocycles. The number of halogens is 2. The fourth-order valence-corrected chi connectivity index (χ4v) is 2.23. The number of piperidine rings is 1. The van der Waals surface area contributed by atoms with E-state index in [9.17, 15) is 4.79 Å². The van der Waals surface area contributed by atoms with Crippen molar-refractivity contribution in [2.75, 3.05) is 13.1 Å². The highest BCUT2D eigenvalue weighted by atomic mass is 35.5. The average molecular weight is 345 g/mol. The number of hydrogen-bond acceptors (Lipinski definition) is 5. The van der Waals surface area contributed by atoms with Crippen molar-refractivity contribution in [3.8, 4) is 5.82 Å². The third kappa shape index (κ3) is 4.40. The molecule has 2 N–H and O–H groups in total. The highest BCUT2D eigenvalue weighted by molar-refractivity contribution is 5.94. The van der Waals surface area contributed by atoms with Gasteiger partial charge in [0.2, 0.25) is 0 Å². The molecule has 22 heavy (non-hydrogen) atoms. The zero-order valence-corrected chi connectivity index (χ0v) is 13.4. The van der Waals surface area contributed by atoms with E-state index in [1.807, 2.05) is 0 Å². The van der Waals surface area contributed by atoms with Crippen LogP contribution in [0.25, 0.3) is 5.82 Å². The quantitative estimate of drug-likeness (QED) is 0.867. The number of amides is 1. The fraction of sp³-hybridized carbons (Fsp3) is 0.385. The molecule has 0 aromatic carbocycles. The summed E-state index contributed by atoms with van der Waals surface area (Å²) in [5.41, 5.74) is 0.555. The molecule has 7 nitrogen and oxygen atoms in total. The number of pyridine rings is 1. The summed E-state index contributed by atoms with van der Waals surface area (Å²) in [5.74, 6) is 0.551. The van der Waals surface area contributed by atoms with Crippen LogP contribution >= 0.6 is 24.8 Å². The topological polar surface area (TPSA) is 84.7 Å². The Kier molecular flexibility index (Phi) is 7.23. The predicted octanol–water partition coefficient (Wildman–Crippen LogP) is 0.988. The molecule has 1 saturated heterocycles. The summed E-state index contributed by atoms with van der Waals surface area (Å²) in [5, 5.41) is 10.3. The second kappa shape index (κ2) is 8.67. The van der Waals surface area contributed by atoms with E-state index in [2.05, 4.69) is 25.7 Å². The van der Waals surface area contributed by atoms with Crippen LogP contribution in [0.3, 0.4) is 0 Å². The standard InChI is InChI=1S/C13H16N6O.2ClH/c20-13(18-11-2-1-5-14-7-11)10-3-4-12(16-6-10)19-9-15-8-17-19;;/h3-4,6,8-9,11,14H,1-2,5,7H2,(H,18,20);2*1H. The molecule has 1 atom stereocenters. The van der Waals surface area contributed by atoms with Gasteiger partial charge in [0, 0.05) is 18.8 Å². The first-order chi connectivity index (χ1) is 9.83. The van der Waals surface area contributed by atoms with E-state index in [4.69, 9.17) is 0 Å². The molecule has 0 aliphatic carbocycles. The molecule has 1 unspecified atom stereocenters. The smallest absolute Gasteiger partial charge is 0.253 e. The largest absolute Gasteiger partial charge is 0.348 e. The van der Waals surface area contributed by atoms with Gasteiger partial charge in [0.15, 0.2) is 5.82 Å². The molecule has 1 fully saturated rings. The van der Waals surface area contributed by atoms with Gasteiger partial charge in [-0.05, 0) is 31.5 Å². The van der Waals surface area contributed by atoms with Gasteiger partial charge in [0.05, 0.1) is 5.56 Å². The first-order valence-corrected chi connectivity index (χ1v) is 6.65. The minimum absolute atomic E-state index is 0. The minimum atomic E-state index is -0.0867. The van der Waals surface area contributed by atoms with Crippen LogP contribution in [-0.2, 0) is 0 Å². The van der Waals surface area contributed by atoms with E-state index in [1.165, 1.54) is 6.33 Å². The van der Waals surface area contributed by atoms with Gasteiger partial charge in [0.25, 0.3) is 5.91 Å². The summed E-state index contributed by atoms with van der Waals surface area (Å²) in [4.78, 5) is 20.2. The van der Waals surface area contributed by atoms with Gasteiger partial charge in [-0.15, -0.1) is 24.8 Å². The van der Waals surface area contributed by atoms with Crippen LogP contribution in [0.2, 0.25) is 0 Å². The van der Waals surface area contributed by atoms with Crippen LogP contribution in [0.5, 0.6) is 0 Å². The highest BCUT2D eigenvalue weighted by Gasteiger charge is 2.16. The monoisotopic (exact) mass is 344 g/mol. The molecule has 1 amide bonds. The van der Waals surface area contributed by atoms with Gasteiger partial charge in [-0.25, -0.2) is 14.6 Å². The lowest BCUT2D eigenvalue weighted by Crippen LogP contribution is -2.45. The number of hydrogen-bond donors (Lipinski definition) is 2. The molecular weight excluding hydrogens is 327 g/mol. The molecule has 0 bridgehead atoms. The fourth-order valence-electron chi connectivity index (χ4n) is 2.23. The maximum Gasteiger partial charge on any atom is 0.253 e. The van der Waals surface area contributed by atoms with Crippen LogP contribution in [0.4, 0.5) is 0 Å². The molecule has 9 heteroatoms. The molecule has 3 heterocycles. The van der Waals surface area contributed by atoms with E-state index >= 15 is 0 Å². The van der Waals surface area contributed by atoms with Crippen molar-refractivity contribution in [1.29, 1.82) is 0 Å². The summed E-state index contributed by atoms with van der Waals surface area (Å²) in [7, 11) is 0. The molecule has 2 aromatic rings. The minimum Gasteiger partial charge on any atom is -0.348 e. The Balaban J connectivity index is 0.00000121. The Morgan fingerprint density at radius 2 is 2.23 bits per heavy atom. The van der Waals surface area contributed by atoms with E-state index in [-0.39, 0.29) is 36.8 Å². The van der Waals surface area contributed by atoms with Crippen molar-refractivity contribution in [2.24, 2.45) is 0 Å². The maximum atomic E-state index is 12.1. The number of nitrogens with zero attached hydrogens (tertiary/aromatic N) is 4. The molecule has 3 rings (SSSR count). The first-order valence-electron chi connectivity index (χ1n) is 6.65. The summed E-state index contributed by atoms with van der Waals surface area (Å²) in [6.45, 7) is 1.86. The molecule has 120 valence electrons. The average Bonchev–Trinajstić information content (AvgIpc) is 3.03. The van der Waals surface area contributed by atoms with Gasteiger partial charge < -0.3 is 10.6 Å². The second-order valence-electron chi connectivity index (χ2n) is 4.76. The van der Waals surface area contributed by atoms with Crippen molar-refractivity contribution in [3.63, 3.8) is 0 Å². The van der Waals surface area contributed by atoms with Gasteiger partial charge in [-0.1, -0.05) is 0 Å². The van der Waals surface area contributed by atoms with E-state index in [0.717, 1.165) is 25.9 Å². The molecular formula is C13H18Cl2N6O. The van der Waals surface area contributed by atoms with Crippen LogP contribution in [-0.4, -0.2) is 44.8 Å². The Hall–Kier alpha value is -1.70. The second-order valence-corrected chi connectivity index (χ2v) is 4.76. The summed E-state index contributed by atoms with van der Waals surface area (Å²) >= 11 is 0. The molecule has 0 saturated carbocycles. The third-order valence-corrected chi connectivity index (χ3v) is 3.30. The van der Waals surface area contributed by atoms with Crippen LogP contribution in [0.15, 0.2) is 31.0 Å². The Labute approximate surface area is 140 Å². The maximum absolute atomic E-state index is 12.1. The number of carbonyl (C=O) groups excluding carboxylic acids is 1. The van der Waals surface area contributed by atoms with Crippen molar-refractivity contribution in [3.05, 3.63) is 36.5 Å². The summed E-state index contributed by atoms with van der Waals surface area (Å²) < 4.78 is 1.55. The SMILES string of the molecule is Cl.Cl.O=C(NC1CCCNC1)c1ccc(-n2cncn2)nc1. The number of rotatable bonds is 3. The number of nitrogens with one attached hydrogen (secondary N) is 2. The number of aromatic nitrogens is 4. The van der Waals surface area contributed by atoms with Crippen molar-refractivity contribution in [1.82, 2.24) is 30.4 Å². The lowest BCUT2D eigenvalue weighted by atomic mass is 10.1. The van der Waals surface area contributed by atoms with Crippen LogP contribution in [0.1, 0.15) is 23.2 Å². The molecule has 1 aliphatic heterocycles. The Morgan fingerprint density at radius 3 is 2.82 bits per heavy atom. The first kappa shape index (κ1) is 18.3. The molecule has 0 spiro atoms. The Morgan fingerprint density at radius 1 is 1.36 bits per heavy atom. The van der Waals surface area contributed by atoms with Crippen molar-refractivity contribution in [2.45, 2.75) is 18.9 Å². The number of carbonyl (C=O) groups is 1. The normalized spacial score (nSPS) is 17.0. The van der Waals surface area contributed by atoms with E-state index in [0.29, 0.717) is 11.4 Å².